The molecule has 0 aliphatic heterocycles. The molecule has 96 valence electrons. The van der Waals surface area contributed by atoms with Gasteiger partial charge in [0.15, 0.2) is 0 Å². The van der Waals surface area contributed by atoms with Crippen LogP contribution in [0.25, 0.3) is 0 Å². The summed E-state index contributed by atoms with van der Waals surface area (Å²) in [4.78, 5) is 0. The Kier molecular flexibility index (Phi) is 6.00. The summed E-state index contributed by atoms with van der Waals surface area (Å²) in [7, 11) is 0. The van der Waals surface area contributed by atoms with Gasteiger partial charge in [0, 0.05) is 15.7 Å². The third-order valence-electron chi connectivity index (χ3n) is 2.74. The predicted molar refractivity (Wildman–Crippen MR) is 84.1 cm³/mol. The highest BCUT2D eigenvalue weighted by Crippen LogP contribution is 2.31. The molecule has 17 heavy (non-hydrogen) atoms. The number of rotatable bonds is 4. The van der Waals surface area contributed by atoms with E-state index in [0.29, 0.717) is 5.92 Å². The molecule has 0 aliphatic carbocycles. The molecule has 0 N–H and O–H groups in total. The molecule has 1 atom stereocenters. The molecule has 0 aliphatic rings. The molecule has 1 rings (SSSR count). The van der Waals surface area contributed by atoms with Crippen LogP contribution in [-0.4, -0.2) is 11.9 Å². The summed E-state index contributed by atoms with van der Waals surface area (Å²) in [6, 6.07) is 5.96. The second kappa shape index (κ2) is 6.58. The average molecular weight is 429 g/mol. The lowest BCUT2D eigenvalue weighted by atomic mass is 9.83. The van der Waals surface area contributed by atoms with Crippen LogP contribution >= 0.6 is 47.8 Å². The van der Waals surface area contributed by atoms with Gasteiger partial charge in [-0.1, -0.05) is 52.6 Å². The summed E-state index contributed by atoms with van der Waals surface area (Å²) < 4.78 is 7.90. The third kappa shape index (κ3) is 4.92. The van der Waals surface area contributed by atoms with E-state index in [1.54, 1.807) is 0 Å². The van der Waals surface area contributed by atoms with Crippen LogP contribution in [0.2, 0.25) is 0 Å². The fraction of sp³-hybridized carbons (Fsp3) is 0.538. The standard InChI is InChI=1S/C13H17Br3O/c1-13(2,3)9(7-14)8-17-12-5-4-10(15)6-11(12)16/h4-6,9H,7-8H2,1-3H3. The first kappa shape index (κ1) is 15.5. The van der Waals surface area contributed by atoms with Crippen molar-refractivity contribution in [1.82, 2.24) is 0 Å². The first-order valence-electron chi connectivity index (χ1n) is 5.48. The zero-order valence-corrected chi connectivity index (χ0v) is 15.0. The molecule has 0 spiro atoms. The molecule has 1 nitrogen and oxygen atoms in total. The minimum atomic E-state index is 0.241. The number of benzene rings is 1. The predicted octanol–water partition coefficient (Wildman–Crippen LogP) is 5.65. The van der Waals surface area contributed by atoms with Crippen molar-refractivity contribution in [3.05, 3.63) is 27.1 Å². The lowest BCUT2D eigenvalue weighted by molar-refractivity contribution is 0.165. The van der Waals surface area contributed by atoms with E-state index in [-0.39, 0.29) is 5.41 Å². The summed E-state index contributed by atoms with van der Waals surface area (Å²) in [5.41, 5.74) is 0.241. The van der Waals surface area contributed by atoms with E-state index < -0.39 is 0 Å². The van der Waals surface area contributed by atoms with Gasteiger partial charge in [-0.3, -0.25) is 0 Å². The van der Waals surface area contributed by atoms with Gasteiger partial charge in [0.2, 0.25) is 0 Å². The molecular weight excluding hydrogens is 412 g/mol. The van der Waals surface area contributed by atoms with E-state index >= 15 is 0 Å². The van der Waals surface area contributed by atoms with Gasteiger partial charge in [0.1, 0.15) is 5.75 Å². The maximum Gasteiger partial charge on any atom is 0.133 e. The Morgan fingerprint density at radius 1 is 1.24 bits per heavy atom. The summed E-state index contributed by atoms with van der Waals surface area (Å²) in [6.45, 7) is 7.42. The molecule has 1 aromatic carbocycles. The summed E-state index contributed by atoms with van der Waals surface area (Å²) in [6.07, 6.45) is 0. The van der Waals surface area contributed by atoms with E-state index in [9.17, 15) is 0 Å². The molecule has 0 saturated carbocycles. The van der Waals surface area contributed by atoms with Gasteiger partial charge < -0.3 is 4.74 Å². The molecule has 4 heteroatoms. The first-order valence-corrected chi connectivity index (χ1v) is 8.19. The van der Waals surface area contributed by atoms with Crippen LogP contribution < -0.4 is 4.74 Å². The number of hydrogen-bond acceptors (Lipinski definition) is 1. The largest absolute Gasteiger partial charge is 0.492 e. The van der Waals surface area contributed by atoms with Gasteiger partial charge in [0.25, 0.3) is 0 Å². The van der Waals surface area contributed by atoms with Crippen molar-refractivity contribution in [1.29, 1.82) is 0 Å². The Labute approximate surface area is 129 Å². The van der Waals surface area contributed by atoms with Crippen LogP contribution in [0.5, 0.6) is 5.75 Å². The summed E-state index contributed by atoms with van der Waals surface area (Å²) in [5.74, 6) is 1.38. The Hall–Kier alpha value is 0.460. The fourth-order valence-electron chi connectivity index (χ4n) is 1.31. The molecule has 0 fully saturated rings. The monoisotopic (exact) mass is 426 g/mol. The van der Waals surface area contributed by atoms with Crippen LogP contribution in [-0.2, 0) is 0 Å². The quantitative estimate of drug-likeness (QED) is 0.563. The van der Waals surface area contributed by atoms with Crippen molar-refractivity contribution in [2.75, 3.05) is 11.9 Å². The van der Waals surface area contributed by atoms with E-state index in [1.165, 1.54) is 0 Å². The smallest absolute Gasteiger partial charge is 0.133 e. The van der Waals surface area contributed by atoms with E-state index in [1.807, 2.05) is 18.2 Å². The van der Waals surface area contributed by atoms with E-state index in [2.05, 4.69) is 68.6 Å². The second-order valence-corrected chi connectivity index (χ2v) is 7.52. The molecule has 0 saturated heterocycles. The Morgan fingerprint density at radius 3 is 2.35 bits per heavy atom. The zero-order chi connectivity index (χ0) is 13.1. The zero-order valence-electron chi connectivity index (χ0n) is 10.3. The van der Waals surface area contributed by atoms with Crippen LogP contribution in [0.4, 0.5) is 0 Å². The van der Waals surface area contributed by atoms with Crippen molar-refractivity contribution in [2.24, 2.45) is 11.3 Å². The molecule has 1 aromatic rings. The topological polar surface area (TPSA) is 9.23 Å². The SMILES string of the molecule is CC(C)(C)C(CBr)COc1ccc(Br)cc1Br. The normalized spacial score (nSPS) is 13.5. The maximum atomic E-state index is 5.87. The molecule has 0 amide bonds. The third-order valence-corrected chi connectivity index (χ3v) is 4.64. The molecular formula is C13H17Br3O. The molecule has 0 bridgehead atoms. The van der Waals surface area contributed by atoms with Crippen molar-refractivity contribution < 1.29 is 4.74 Å². The maximum absolute atomic E-state index is 5.87. The second-order valence-electron chi connectivity index (χ2n) is 5.10. The van der Waals surface area contributed by atoms with E-state index in [4.69, 9.17) is 4.74 Å². The van der Waals surface area contributed by atoms with Gasteiger partial charge in [-0.25, -0.2) is 0 Å². The van der Waals surface area contributed by atoms with Gasteiger partial charge in [-0.05, 0) is 39.5 Å². The van der Waals surface area contributed by atoms with Gasteiger partial charge in [0.05, 0.1) is 11.1 Å². The van der Waals surface area contributed by atoms with Crippen LogP contribution in [0.3, 0.4) is 0 Å². The van der Waals surface area contributed by atoms with Crippen molar-refractivity contribution in [2.45, 2.75) is 20.8 Å². The Morgan fingerprint density at radius 2 is 1.88 bits per heavy atom. The summed E-state index contributed by atoms with van der Waals surface area (Å²) in [5, 5.41) is 0.949. The number of ether oxygens (including phenoxy) is 1. The Bertz CT molecular complexity index is 371. The summed E-state index contributed by atoms with van der Waals surface area (Å²) >= 11 is 10.5. The van der Waals surface area contributed by atoms with Gasteiger partial charge in [-0.2, -0.15) is 0 Å². The minimum Gasteiger partial charge on any atom is -0.492 e. The van der Waals surface area contributed by atoms with Crippen molar-refractivity contribution in [3.63, 3.8) is 0 Å². The fourth-order valence-corrected chi connectivity index (χ4v) is 3.63. The Balaban J connectivity index is 2.66. The average Bonchev–Trinajstić information content (AvgIpc) is 2.19. The lowest BCUT2D eigenvalue weighted by Crippen LogP contribution is -2.27. The van der Waals surface area contributed by atoms with Crippen LogP contribution in [0, 0.1) is 11.3 Å². The lowest BCUT2D eigenvalue weighted by Gasteiger charge is -2.29. The van der Waals surface area contributed by atoms with Crippen molar-refractivity contribution in [3.8, 4) is 5.75 Å². The highest BCUT2D eigenvalue weighted by atomic mass is 79.9. The van der Waals surface area contributed by atoms with Crippen LogP contribution in [0.15, 0.2) is 27.1 Å². The molecule has 0 aromatic heterocycles. The number of hydrogen-bond donors (Lipinski definition) is 0. The molecule has 1 unspecified atom stereocenters. The molecule has 0 radical (unpaired) electrons. The first-order chi connectivity index (χ1) is 7.84. The van der Waals surface area contributed by atoms with Gasteiger partial charge in [-0.15, -0.1) is 0 Å². The van der Waals surface area contributed by atoms with Crippen LogP contribution in [0.1, 0.15) is 20.8 Å². The minimum absolute atomic E-state index is 0.241. The van der Waals surface area contributed by atoms with Gasteiger partial charge >= 0.3 is 0 Å². The van der Waals surface area contributed by atoms with E-state index in [0.717, 1.165) is 26.6 Å². The highest BCUT2D eigenvalue weighted by Gasteiger charge is 2.24. The van der Waals surface area contributed by atoms with Crippen molar-refractivity contribution >= 4 is 47.8 Å². The highest BCUT2D eigenvalue weighted by molar-refractivity contribution is 9.11. The number of alkyl halides is 1. The molecule has 0 heterocycles. The number of halogens is 3.